The molecule has 2 rings (SSSR count). The maximum Gasteiger partial charge on any atom is 0.305 e. The molecule has 0 spiro atoms. The summed E-state index contributed by atoms with van der Waals surface area (Å²) in [7, 11) is 2.11. The Balaban J connectivity index is 1.88. The quantitative estimate of drug-likeness (QED) is 0.637. The summed E-state index contributed by atoms with van der Waals surface area (Å²) in [5.41, 5.74) is -0.416. The van der Waals surface area contributed by atoms with E-state index in [1.54, 1.807) is 6.07 Å². The lowest BCUT2D eigenvalue weighted by atomic mass is 10.2. The van der Waals surface area contributed by atoms with Crippen molar-refractivity contribution >= 4 is 11.5 Å². The van der Waals surface area contributed by atoms with Crippen molar-refractivity contribution in [1.82, 2.24) is 9.88 Å². The highest BCUT2D eigenvalue weighted by molar-refractivity contribution is 5.50. The SMILES string of the molecule is CN(CCNc1ccc([N+](=O)[O-])c(C#N)n1)C1CCCC1. The number of nitriles is 1. The number of hydrogen-bond donors (Lipinski definition) is 1. The summed E-state index contributed by atoms with van der Waals surface area (Å²) >= 11 is 0. The summed E-state index contributed by atoms with van der Waals surface area (Å²) in [6, 6.07) is 5.27. The van der Waals surface area contributed by atoms with Gasteiger partial charge in [-0.3, -0.25) is 10.1 Å². The lowest BCUT2D eigenvalue weighted by Crippen LogP contribution is -2.33. The highest BCUT2D eigenvalue weighted by Crippen LogP contribution is 2.22. The van der Waals surface area contributed by atoms with Gasteiger partial charge < -0.3 is 10.2 Å². The first-order valence-electron chi connectivity index (χ1n) is 7.11. The minimum Gasteiger partial charge on any atom is -0.369 e. The van der Waals surface area contributed by atoms with E-state index >= 15 is 0 Å². The molecule has 21 heavy (non-hydrogen) atoms. The van der Waals surface area contributed by atoms with Gasteiger partial charge in [0.15, 0.2) is 0 Å². The number of likely N-dealkylation sites (N-methyl/N-ethyl adjacent to an activating group) is 1. The van der Waals surface area contributed by atoms with Gasteiger partial charge in [0, 0.05) is 25.2 Å². The number of aromatic nitrogens is 1. The Kier molecular flexibility index (Phi) is 5.06. The van der Waals surface area contributed by atoms with Crippen LogP contribution in [0.25, 0.3) is 0 Å². The van der Waals surface area contributed by atoms with E-state index in [1.165, 1.54) is 37.8 Å². The number of rotatable bonds is 6. The molecule has 1 aliphatic carbocycles. The van der Waals surface area contributed by atoms with Crippen LogP contribution in [0.4, 0.5) is 11.5 Å². The Bertz CT molecular complexity index is 549. The first-order valence-corrected chi connectivity index (χ1v) is 7.11. The van der Waals surface area contributed by atoms with Crippen LogP contribution >= 0.6 is 0 Å². The van der Waals surface area contributed by atoms with E-state index in [0.29, 0.717) is 18.4 Å². The van der Waals surface area contributed by atoms with Gasteiger partial charge in [-0.25, -0.2) is 4.98 Å². The van der Waals surface area contributed by atoms with E-state index in [9.17, 15) is 10.1 Å². The fourth-order valence-corrected chi connectivity index (χ4v) is 2.67. The van der Waals surface area contributed by atoms with Crippen LogP contribution in [0.1, 0.15) is 31.4 Å². The van der Waals surface area contributed by atoms with Crippen LogP contribution in [0.2, 0.25) is 0 Å². The number of nitro groups is 1. The van der Waals surface area contributed by atoms with Gasteiger partial charge >= 0.3 is 5.69 Å². The predicted molar refractivity (Wildman–Crippen MR) is 79.0 cm³/mol. The van der Waals surface area contributed by atoms with Crippen LogP contribution in [0.5, 0.6) is 0 Å². The fourth-order valence-electron chi connectivity index (χ4n) is 2.67. The molecule has 1 aliphatic rings. The van der Waals surface area contributed by atoms with Gasteiger partial charge in [-0.1, -0.05) is 12.8 Å². The summed E-state index contributed by atoms with van der Waals surface area (Å²) in [6.07, 6.45) is 5.12. The predicted octanol–water partition coefficient (Wildman–Crippen LogP) is 2.15. The molecule has 1 saturated carbocycles. The van der Waals surface area contributed by atoms with Gasteiger partial charge in [0.1, 0.15) is 11.9 Å². The van der Waals surface area contributed by atoms with Crippen molar-refractivity contribution in [3.63, 3.8) is 0 Å². The normalized spacial score (nSPS) is 15.1. The Morgan fingerprint density at radius 1 is 1.52 bits per heavy atom. The molecule has 1 aromatic rings. The Labute approximate surface area is 123 Å². The summed E-state index contributed by atoms with van der Waals surface area (Å²) < 4.78 is 0. The Hall–Kier alpha value is -2.20. The molecule has 0 amide bonds. The molecule has 0 aromatic carbocycles. The Morgan fingerprint density at radius 2 is 2.24 bits per heavy atom. The largest absolute Gasteiger partial charge is 0.369 e. The Morgan fingerprint density at radius 3 is 2.86 bits per heavy atom. The fraction of sp³-hybridized carbons (Fsp3) is 0.571. The van der Waals surface area contributed by atoms with Crippen LogP contribution in [0.15, 0.2) is 12.1 Å². The van der Waals surface area contributed by atoms with Crippen LogP contribution in [-0.4, -0.2) is 41.0 Å². The molecular formula is C14H19N5O2. The molecule has 0 saturated heterocycles. The highest BCUT2D eigenvalue weighted by Gasteiger charge is 2.19. The first kappa shape index (κ1) is 15.2. The molecule has 7 nitrogen and oxygen atoms in total. The molecule has 1 N–H and O–H groups in total. The summed E-state index contributed by atoms with van der Waals surface area (Å²) in [5.74, 6) is 0.497. The third-order valence-electron chi connectivity index (χ3n) is 3.90. The summed E-state index contributed by atoms with van der Waals surface area (Å²) in [5, 5.41) is 22.7. The zero-order chi connectivity index (χ0) is 15.2. The molecule has 112 valence electrons. The average Bonchev–Trinajstić information content (AvgIpc) is 3.01. The second-order valence-corrected chi connectivity index (χ2v) is 5.28. The van der Waals surface area contributed by atoms with Crippen LogP contribution in [-0.2, 0) is 0 Å². The van der Waals surface area contributed by atoms with Crippen molar-refractivity contribution in [2.45, 2.75) is 31.7 Å². The van der Waals surface area contributed by atoms with Gasteiger partial charge in [0.25, 0.3) is 0 Å². The number of nitrogens with zero attached hydrogens (tertiary/aromatic N) is 4. The van der Waals surface area contributed by atoms with Crippen molar-refractivity contribution in [3.05, 3.63) is 27.9 Å². The van der Waals surface area contributed by atoms with Gasteiger partial charge in [0.05, 0.1) is 4.92 Å². The van der Waals surface area contributed by atoms with E-state index in [4.69, 9.17) is 5.26 Å². The molecule has 0 unspecified atom stereocenters. The molecule has 7 heteroatoms. The second kappa shape index (κ2) is 6.99. The summed E-state index contributed by atoms with van der Waals surface area (Å²) in [6.45, 7) is 1.58. The average molecular weight is 289 g/mol. The number of nitrogens with one attached hydrogen (secondary N) is 1. The van der Waals surface area contributed by atoms with E-state index in [2.05, 4.69) is 22.2 Å². The third kappa shape index (κ3) is 3.89. The lowest BCUT2D eigenvalue weighted by molar-refractivity contribution is -0.385. The minimum atomic E-state index is -0.594. The molecular weight excluding hydrogens is 270 g/mol. The second-order valence-electron chi connectivity index (χ2n) is 5.28. The van der Waals surface area contributed by atoms with Crippen molar-refractivity contribution in [2.75, 3.05) is 25.5 Å². The number of pyridine rings is 1. The molecule has 0 radical (unpaired) electrons. The van der Waals surface area contributed by atoms with Crippen LogP contribution in [0, 0.1) is 21.4 Å². The zero-order valence-electron chi connectivity index (χ0n) is 12.1. The van der Waals surface area contributed by atoms with Crippen molar-refractivity contribution in [1.29, 1.82) is 5.26 Å². The molecule has 1 heterocycles. The first-order chi connectivity index (χ1) is 10.1. The van der Waals surface area contributed by atoms with E-state index in [1.807, 2.05) is 0 Å². The van der Waals surface area contributed by atoms with E-state index in [-0.39, 0.29) is 11.4 Å². The van der Waals surface area contributed by atoms with Crippen molar-refractivity contribution < 1.29 is 4.92 Å². The minimum absolute atomic E-state index is 0.158. The van der Waals surface area contributed by atoms with Crippen LogP contribution < -0.4 is 5.32 Å². The molecule has 0 bridgehead atoms. The zero-order valence-corrected chi connectivity index (χ0v) is 12.1. The highest BCUT2D eigenvalue weighted by atomic mass is 16.6. The number of hydrogen-bond acceptors (Lipinski definition) is 6. The monoisotopic (exact) mass is 289 g/mol. The standard InChI is InChI=1S/C14H19N5O2/c1-18(11-4-2-3-5-11)9-8-16-14-7-6-13(19(20)21)12(10-15)17-14/h6-7,11H,2-5,8-9H2,1H3,(H,16,17). The van der Waals surface area contributed by atoms with E-state index < -0.39 is 4.92 Å². The third-order valence-corrected chi connectivity index (χ3v) is 3.90. The van der Waals surface area contributed by atoms with Gasteiger partial charge in [-0.2, -0.15) is 5.26 Å². The van der Waals surface area contributed by atoms with E-state index in [0.717, 1.165) is 6.54 Å². The van der Waals surface area contributed by atoms with Gasteiger partial charge in [-0.15, -0.1) is 0 Å². The summed E-state index contributed by atoms with van der Waals surface area (Å²) in [4.78, 5) is 16.4. The number of anilines is 1. The van der Waals surface area contributed by atoms with Crippen molar-refractivity contribution in [3.8, 4) is 6.07 Å². The topological polar surface area (TPSA) is 95.1 Å². The van der Waals surface area contributed by atoms with Crippen molar-refractivity contribution in [2.24, 2.45) is 0 Å². The molecule has 0 atom stereocenters. The van der Waals surface area contributed by atoms with Gasteiger partial charge in [-0.05, 0) is 26.0 Å². The molecule has 1 fully saturated rings. The van der Waals surface area contributed by atoms with Crippen LogP contribution in [0.3, 0.4) is 0 Å². The molecule has 0 aliphatic heterocycles. The molecule has 1 aromatic heterocycles. The maximum absolute atomic E-state index is 10.7. The smallest absolute Gasteiger partial charge is 0.305 e. The van der Waals surface area contributed by atoms with Gasteiger partial charge in [0.2, 0.25) is 5.69 Å². The lowest BCUT2D eigenvalue weighted by Gasteiger charge is -2.24. The maximum atomic E-state index is 10.7.